The van der Waals surface area contributed by atoms with E-state index in [1.54, 1.807) is 37.4 Å². The molecule has 0 aliphatic carbocycles. The molecule has 0 radical (unpaired) electrons. The van der Waals surface area contributed by atoms with Gasteiger partial charge in [-0.3, -0.25) is 0 Å². The molecule has 0 fully saturated rings. The maximum atomic E-state index is 13.3. The molecule has 1 aliphatic rings. The summed E-state index contributed by atoms with van der Waals surface area (Å²) in [5.74, 6) is 1.41. The molecule has 0 amide bonds. The standard InChI is InChI=1S/C34H38N4O6/c1-7-41-29-20-23(21-30(37-29)42-8-2)34(39,14-15-38(4)5)31(25-10-9-11-28-32(25)44-17-16-43-28)26-19-22-18-24(35-3)12-13-27(22)36-33(26)40-6/h9-13,18-21,31,39H,7-8,14-17H2,1-2,4-6H3. The molecule has 0 saturated carbocycles. The van der Waals surface area contributed by atoms with Crippen molar-refractivity contribution in [3.63, 3.8) is 0 Å². The van der Waals surface area contributed by atoms with Crippen LogP contribution in [0, 0.1) is 6.57 Å². The lowest BCUT2D eigenvalue weighted by atomic mass is 9.71. The van der Waals surface area contributed by atoms with Crippen LogP contribution >= 0.6 is 0 Å². The van der Waals surface area contributed by atoms with Gasteiger partial charge in [-0.1, -0.05) is 18.2 Å². The van der Waals surface area contributed by atoms with Gasteiger partial charge in [0.25, 0.3) is 0 Å². The molecular formula is C34H38N4O6. The number of pyridine rings is 2. The van der Waals surface area contributed by atoms with Crippen molar-refractivity contribution in [3.8, 4) is 29.1 Å². The van der Waals surface area contributed by atoms with Crippen molar-refractivity contribution in [2.75, 3.05) is 54.2 Å². The average Bonchev–Trinajstić information content (AvgIpc) is 3.03. The topological polar surface area (TPSA) is 99.8 Å². The first-order chi connectivity index (χ1) is 21.3. The molecule has 1 aliphatic heterocycles. The van der Waals surface area contributed by atoms with Crippen LogP contribution in [0.5, 0.6) is 29.1 Å². The van der Waals surface area contributed by atoms with Crippen LogP contribution < -0.4 is 23.7 Å². The fraction of sp³-hybridized carbons (Fsp3) is 0.382. The number of fused-ring (bicyclic) bond motifs is 2. The van der Waals surface area contributed by atoms with Gasteiger partial charge in [0.1, 0.15) is 18.8 Å². The molecule has 4 aromatic rings. The van der Waals surface area contributed by atoms with Gasteiger partial charge in [0, 0.05) is 29.8 Å². The van der Waals surface area contributed by atoms with E-state index in [2.05, 4.69) is 9.83 Å². The third kappa shape index (κ3) is 6.20. The molecule has 2 aromatic heterocycles. The van der Waals surface area contributed by atoms with Crippen molar-refractivity contribution in [2.45, 2.75) is 31.8 Å². The smallest absolute Gasteiger partial charge is 0.217 e. The van der Waals surface area contributed by atoms with Crippen molar-refractivity contribution in [2.24, 2.45) is 0 Å². The van der Waals surface area contributed by atoms with Crippen molar-refractivity contribution in [1.82, 2.24) is 14.9 Å². The number of nitrogens with zero attached hydrogens (tertiary/aromatic N) is 4. The molecule has 2 aromatic carbocycles. The monoisotopic (exact) mass is 598 g/mol. The van der Waals surface area contributed by atoms with Crippen LogP contribution in [0.1, 0.15) is 42.9 Å². The van der Waals surface area contributed by atoms with E-state index in [4.69, 9.17) is 35.2 Å². The van der Waals surface area contributed by atoms with Crippen molar-refractivity contribution in [1.29, 1.82) is 0 Å². The maximum Gasteiger partial charge on any atom is 0.217 e. The molecule has 10 heteroatoms. The second kappa shape index (κ2) is 13.4. The van der Waals surface area contributed by atoms with E-state index in [1.165, 1.54) is 0 Å². The minimum Gasteiger partial charge on any atom is -0.486 e. The second-order valence-electron chi connectivity index (χ2n) is 10.8. The highest BCUT2D eigenvalue weighted by atomic mass is 16.6. The van der Waals surface area contributed by atoms with Crippen LogP contribution in [0.3, 0.4) is 0 Å². The van der Waals surface area contributed by atoms with E-state index >= 15 is 0 Å². The Balaban J connectivity index is 1.86. The number of benzene rings is 2. The first-order valence-corrected chi connectivity index (χ1v) is 14.7. The Bertz CT molecular complexity index is 1650. The molecule has 2 atom stereocenters. The van der Waals surface area contributed by atoms with Gasteiger partial charge in [0.2, 0.25) is 17.6 Å². The van der Waals surface area contributed by atoms with Crippen molar-refractivity contribution in [3.05, 3.63) is 82.7 Å². The predicted molar refractivity (Wildman–Crippen MR) is 167 cm³/mol. The van der Waals surface area contributed by atoms with Crippen LogP contribution in [-0.2, 0) is 5.60 Å². The van der Waals surface area contributed by atoms with Gasteiger partial charge >= 0.3 is 0 Å². The van der Waals surface area contributed by atoms with Gasteiger partial charge in [0.05, 0.1) is 38.3 Å². The average molecular weight is 599 g/mol. The molecular weight excluding hydrogens is 560 g/mol. The molecule has 1 N–H and O–H groups in total. The predicted octanol–water partition coefficient (Wildman–Crippen LogP) is 5.73. The van der Waals surface area contributed by atoms with Gasteiger partial charge < -0.3 is 33.7 Å². The lowest BCUT2D eigenvalue weighted by Crippen LogP contribution is -2.38. The van der Waals surface area contributed by atoms with E-state index in [0.29, 0.717) is 96.4 Å². The van der Waals surface area contributed by atoms with Gasteiger partial charge in [-0.25, -0.2) is 9.83 Å². The third-order valence-corrected chi connectivity index (χ3v) is 7.61. The Hall–Kier alpha value is -4.59. The Morgan fingerprint density at radius 2 is 1.70 bits per heavy atom. The molecule has 0 saturated heterocycles. The van der Waals surface area contributed by atoms with Crippen molar-refractivity contribution < 1.29 is 28.8 Å². The van der Waals surface area contributed by atoms with Gasteiger partial charge in [-0.05, 0) is 69.6 Å². The van der Waals surface area contributed by atoms with E-state index in [-0.39, 0.29) is 0 Å². The highest BCUT2D eigenvalue weighted by Crippen LogP contribution is 2.52. The largest absolute Gasteiger partial charge is 0.486 e. The number of para-hydroxylation sites is 1. The molecule has 0 spiro atoms. The molecule has 5 rings (SSSR count). The zero-order valence-electron chi connectivity index (χ0n) is 25.8. The minimum absolute atomic E-state index is 0.305. The summed E-state index contributed by atoms with van der Waals surface area (Å²) in [6.45, 7) is 13.4. The van der Waals surface area contributed by atoms with Gasteiger partial charge in [-0.2, -0.15) is 4.98 Å². The second-order valence-corrected chi connectivity index (χ2v) is 10.8. The molecule has 3 heterocycles. The molecule has 0 bridgehead atoms. The Kier molecular flexibility index (Phi) is 9.37. The van der Waals surface area contributed by atoms with Crippen LogP contribution in [0.4, 0.5) is 5.69 Å². The number of rotatable bonds is 12. The van der Waals surface area contributed by atoms with Crippen LogP contribution in [-0.4, -0.2) is 74.2 Å². The van der Waals surface area contributed by atoms with Crippen LogP contribution in [0.15, 0.2) is 54.6 Å². The number of aromatic nitrogens is 2. The number of ether oxygens (including phenoxy) is 5. The molecule has 2 unspecified atom stereocenters. The summed E-state index contributed by atoms with van der Waals surface area (Å²) >= 11 is 0. The summed E-state index contributed by atoms with van der Waals surface area (Å²) in [6.07, 6.45) is 0.305. The summed E-state index contributed by atoms with van der Waals surface area (Å²) in [5, 5.41) is 14.0. The highest BCUT2D eigenvalue weighted by molar-refractivity contribution is 5.84. The zero-order chi connectivity index (χ0) is 31.3. The molecule has 10 nitrogen and oxygen atoms in total. The maximum absolute atomic E-state index is 13.3. The number of aliphatic hydroxyl groups is 1. The Morgan fingerprint density at radius 1 is 0.977 bits per heavy atom. The summed E-state index contributed by atoms with van der Waals surface area (Å²) in [7, 11) is 5.49. The molecule has 44 heavy (non-hydrogen) atoms. The summed E-state index contributed by atoms with van der Waals surface area (Å²) in [5.41, 5.74) is 1.46. The van der Waals surface area contributed by atoms with E-state index in [1.807, 2.05) is 57.1 Å². The summed E-state index contributed by atoms with van der Waals surface area (Å²) < 4.78 is 29.8. The van der Waals surface area contributed by atoms with Crippen LogP contribution in [0.25, 0.3) is 15.7 Å². The number of hydrogen-bond acceptors (Lipinski definition) is 9. The fourth-order valence-corrected chi connectivity index (χ4v) is 5.63. The zero-order valence-corrected chi connectivity index (χ0v) is 25.8. The normalized spacial score (nSPS) is 14.5. The summed E-state index contributed by atoms with van der Waals surface area (Å²) in [4.78, 5) is 15.0. The minimum atomic E-state index is -1.58. The number of hydrogen-bond donors (Lipinski definition) is 1. The first-order valence-electron chi connectivity index (χ1n) is 14.7. The fourth-order valence-electron chi connectivity index (χ4n) is 5.63. The lowest BCUT2D eigenvalue weighted by Gasteiger charge is -2.40. The van der Waals surface area contributed by atoms with E-state index < -0.39 is 11.5 Å². The van der Waals surface area contributed by atoms with Crippen LogP contribution in [0.2, 0.25) is 0 Å². The third-order valence-electron chi connectivity index (χ3n) is 7.61. The summed E-state index contributed by atoms with van der Waals surface area (Å²) in [6, 6.07) is 16.5. The quantitative estimate of drug-likeness (QED) is 0.205. The van der Waals surface area contributed by atoms with E-state index in [9.17, 15) is 5.11 Å². The Labute approximate surface area is 257 Å². The first kappa shape index (κ1) is 30.9. The van der Waals surface area contributed by atoms with E-state index in [0.717, 1.165) is 5.39 Å². The van der Waals surface area contributed by atoms with Gasteiger partial charge in [-0.15, -0.1) is 0 Å². The molecule has 230 valence electrons. The number of methoxy groups -OCH3 is 1. The Morgan fingerprint density at radius 3 is 2.36 bits per heavy atom. The van der Waals surface area contributed by atoms with Crippen molar-refractivity contribution >= 4 is 16.6 Å². The highest BCUT2D eigenvalue weighted by Gasteiger charge is 2.45. The lowest BCUT2D eigenvalue weighted by molar-refractivity contribution is 0.00206. The van der Waals surface area contributed by atoms with Gasteiger partial charge in [0.15, 0.2) is 17.2 Å². The SMILES string of the molecule is [C-]#[N+]c1ccc2nc(OC)c(C(c3cccc4c3OCCO4)C(O)(CCN(C)C)c3cc(OCC)nc(OCC)c3)cc2c1.